The first-order valence-electron chi connectivity index (χ1n) is 6.41. The number of aliphatic hydroxyl groups excluding tert-OH is 1. The summed E-state index contributed by atoms with van der Waals surface area (Å²) in [7, 11) is 0. The Balaban J connectivity index is 1.92. The molecule has 0 aliphatic heterocycles. The molecule has 1 heterocycles. The molecule has 1 aromatic carbocycles. The number of aliphatic hydroxyl groups is 1. The lowest BCUT2D eigenvalue weighted by Crippen LogP contribution is -1.97. The van der Waals surface area contributed by atoms with E-state index in [1.807, 2.05) is 13.0 Å². The molecule has 1 aromatic heterocycles. The second kappa shape index (κ2) is 4.53. The maximum absolute atomic E-state index is 9.66. The number of aromatic nitrogens is 2. The van der Waals surface area contributed by atoms with Gasteiger partial charge in [-0.15, -0.1) is 0 Å². The van der Waals surface area contributed by atoms with Gasteiger partial charge in [0.2, 0.25) is 5.82 Å². The predicted molar refractivity (Wildman–Crippen MR) is 67.0 cm³/mol. The second-order valence-electron chi connectivity index (χ2n) is 4.72. The number of fused-ring (bicyclic) bond motifs is 1. The smallest absolute Gasteiger partial charge is 0.258 e. The highest BCUT2D eigenvalue weighted by Gasteiger charge is 2.17. The van der Waals surface area contributed by atoms with Gasteiger partial charge in [-0.05, 0) is 48.9 Å². The fourth-order valence-electron chi connectivity index (χ4n) is 2.37. The number of benzene rings is 1. The SMILES string of the molecule is CCC(O)c1noc(-c2ccc3c(c2)CCC3)n1. The van der Waals surface area contributed by atoms with E-state index in [4.69, 9.17) is 4.52 Å². The van der Waals surface area contributed by atoms with Crippen molar-refractivity contribution in [2.75, 3.05) is 0 Å². The molecule has 94 valence electrons. The molecular weight excluding hydrogens is 228 g/mol. The third-order valence-electron chi connectivity index (χ3n) is 3.47. The van der Waals surface area contributed by atoms with E-state index in [9.17, 15) is 5.11 Å². The van der Waals surface area contributed by atoms with Crippen LogP contribution in [0, 0.1) is 0 Å². The van der Waals surface area contributed by atoms with E-state index in [0.29, 0.717) is 18.1 Å². The molecule has 2 aromatic rings. The number of aryl methyl sites for hydroxylation is 2. The highest BCUT2D eigenvalue weighted by molar-refractivity contribution is 5.56. The zero-order valence-corrected chi connectivity index (χ0v) is 10.4. The summed E-state index contributed by atoms with van der Waals surface area (Å²) < 4.78 is 5.21. The van der Waals surface area contributed by atoms with Crippen LogP contribution in [-0.2, 0) is 12.8 Å². The van der Waals surface area contributed by atoms with Gasteiger partial charge in [0, 0.05) is 5.56 Å². The van der Waals surface area contributed by atoms with E-state index < -0.39 is 6.10 Å². The fourth-order valence-corrected chi connectivity index (χ4v) is 2.37. The van der Waals surface area contributed by atoms with Crippen molar-refractivity contribution in [1.82, 2.24) is 10.1 Å². The van der Waals surface area contributed by atoms with E-state index in [2.05, 4.69) is 22.3 Å². The summed E-state index contributed by atoms with van der Waals surface area (Å²) in [6, 6.07) is 6.27. The van der Waals surface area contributed by atoms with Crippen LogP contribution in [0.15, 0.2) is 22.7 Å². The fraction of sp³-hybridized carbons (Fsp3) is 0.429. The monoisotopic (exact) mass is 244 g/mol. The summed E-state index contributed by atoms with van der Waals surface area (Å²) in [6.45, 7) is 1.89. The Labute approximate surface area is 106 Å². The van der Waals surface area contributed by atoms with Crippen molar-refractivity contribution in [2.45, 2.75) is 38.7 Å². The second-order valence-corrected chi connectivity index (χ2v) is 4.72. The van der Waals surface area contributed by atoms with Crippen molar-refractivity contribution >= 4 is 0 Å². The van der Waals surface area contributed by atoms with Gasteiger partial charge in [-0.1, -0.05) is 18.1 Å². The Hall–Kier alpha value is -1.68. The average Bonchev–Trinajstić information content (AvgIpc) is 3.05. The topological polar surface area (TPSA) is 59.2 Å². The van der Waals surface area contributed by atoms with Gasteiger partial charge in [-0.3, -0.25) is 0 Å². The van der Waals surface area contributed by atoms with Gasteiger partial charge in [-0.2, -0.15) is 4.98 Å². The summed E-state index contributed by atoms with van der Waals surface area (Å²) in [5.74, 6) is 0.861. The molecule has 1 unspecified atom stereocenters. The summed E-state index contributed by atoms with van der Waals surface area (Å²) >= 11 is 0. The van der Waals surface area contributed by atoms with Crippen molar-refractivity contribution in [2.24, 2.45) is 0 Å². The lowest BCUT2D eigenvalue weighted by molar-refractivity contribution is 0.159. The molecule has 4 heteroatoms. The molecule has 0 saturated heterocycles. The number of hydrogen-bond acceptors (Lipinski definition) is 4. The molecule has 0 radical (unpaired) electrons. The Bertz CT molecular complexity index is 563. The highest BCUT2D eigenvalue weighted by Crippen LogP contribution is 2.27. The van der Waals surface area contributed by atoms with Crippen LogP contribution in [0.4, 0.5) is 0 Å². The summed E-state index contributed by atoms with van der Waals surface area (Å²) in [5.41, 5.74) is 3.74. The zero-order chi connectivity index (χ0) is 12.5. The average molecular weight is 244 g/mol. The summed E-state index contributed by atoms with van der Waals surface area (Å²) in [5, 5.41) is 13.5. The molecule has 0 saturated carbocycles. The van der Waals surface area contributed by atoms with Gasteiger partial charge in [0.05, 0.1) is 0 Å². The molecule has 0 amide bonds. The Kier molecular flexibility index (Phi) is 2.88. The van der Waals surface area contributed by atoms with Gasteiger partial charge in [-0.25, -0.2) is 0 Å². The lowest BCUT2D eigenvalue weighted by Gasteiger charge is -2.00. The van der Waals surface area contributed by atoms with E-state index >= 15 is 0 Å². The van der Waals surface area contributed by atoms with Crippen LogP contribution in [0.1, 0.15) is 42.8 Å². The van der Waals surface area contributed by atoms with Gasteiger partial charge in [0.1, 0.15) is 6.10 Å². The lowest BCUT2D eigenvalue weighted by atomic mass is 10.1. The standard InChI is InChI=1S/C14H16N2O2/c1-2-12(17)13-15-14(18-16-13)11-7-6-9-4-3-5-10(9)8-11/h6-8,12,17H,2-5H2,1H3. The van der Waals surface area contributed by atoms with Crippen LogP contribution in [0.2, 0.25) is 0 Å². The van der Waals surface area contributed by atoms with Crippen LogP contribution in [0.5, 0.6) is 0 Å². The first-order valence-corrected chi connectivity index (χ1v) is 6.41. The Morgan fingerprint density at radius 3 is 3.00 bits per heavy atom. The van der Waals surface area contributed by atoms with E-state index in [-0.39, 0.29) is 0 Å². The van der Waals surface area contributed by atoms with Crippen molar-refractivity contribution in [3.63, 3.8) is 0 Å². The maximum Gasteiger partial charge on any atom is 0.258 e. The van der Waals surface area contributed by atoms with Crippen molar-refractivity contribution in [1.29, 1.82) is 0 Å². The molecule has 1 aliphatic carbocycles. The Morgan fingerprint density at radius 1 is 1.33 bits per heavy atom. The minimum atomic E-state index is -0.642. The third-order valence-corrected chi connectivity index (χ3v) is 3.47. The minimum Gasteiger partial charge on any atom is -0.385 e. The molecular formula is C14H16N2O2. The normalized spacial score (nSPS) is 15.7. The molecule has 0 fully saturated rings. The van der Waals surface area contributed by atoms with Crippen LogP contribution < -0.4 is 0 Å². The van der Waals surface area contributed by atoms with Crippen LogP contribution in [0.25, 0.3) is 11.5 Å². The molecule has 4 nitrogen and oxygen atoms in total. The number of rotatable bonds is 3. The maximum atomic E-state index is 9.66. The first kappa shape index (κ1) is 11.4. The minimum absolute atomic E-state index is 0.369. The molecule has 1 atom stereocenters. The largest absolute Gasteiger partial charge is 0.385 e. The zero-order valence-electron chi connectivity index (χ0n) is 10.4. The quantitative estimate of drug-likeness (QED) is 0.901. The van der Waals surface area contributed by atoms with Crippen molar-refractivity contribution < 1.29 is 9.63 Å². The van der Waals surface area contributed by atoms with Crippen LogP contribution in [0.3, 0.4) is 0 Å². The van der Waals surface area contributed by atoms with Crippen molar-refractivity contribution in [3.8, 4) is 11.5 Å². The molecule has 1 aliphatic rings. The molecule has 18 heavy (non-hydrogen) atoms. The Morgan fingerprint density at radius 2 is 2.17 bits per heavy atom. The number of hydrogen-bond donors (Lipinski definition) is 1. The van der Waals surface area contributed by atoms with Crippen LogP contribution in [-0.4, -0.2) is 15.2 Å². The molecule has 1 N–H and O–H groups in total. The van der Waals surface area contributed by atoms with Gasteiger partial charge >= 0.3 is 0 Å². The van der Waals surface area contributed by atoms with Crippen molar-refractivity contribution in [3.05, 3.63) is 35.2 Å². The third kappa shape index (κ3) is 1.93. The van der Waals surface area contributed by atoms with Gasteiger partial charge in [0.15, 0.2) is 0 Å². The number of nitrogens with zero attached hydrogens (tertiary/aromatic N) is 2. The van der Waals surface area contributed by atoms with Gasteiger partial charge in [0.25, 0.3) is 5.89 Å². The molecule has 0 bridgehead atoms. The summed E-state index contributed by atoms with van der Waals surface area (Å²) in [4.78, 5) is 4.25. The van der Waals surface area contributed by atoms with Crippen LogP contribution >= 0.6 is 0 Å². The predicted octanol–water partition coefficient (Wildman–Crippen LogP) is 2.67. The van der Waals surface area contributed by atoms with E-state index in [0.717, 1.165) is 12.0 Å². The molecule has 0 spiro atoms. The first-order chi connectivity index (χ1) is 8.78. The van der Waals surface area contributed by atoms with Gasteiger partial charge < -0.3 is 9.63 Å². The summed E-state index contributed by atoms with van der Waals surface area (Å²) in [6.07, 6.45) is 3.46. The molecule has 3 rings (SSSR count). The van der Waals surface area contributed by atoms with E-state index in [1.165, 1.54) is 24.0 Å². The van der Waals surface area contributed by atoms with E-state index in [1.54, 1.807) is 0 Å². The highest BCUT2D eigenvalue weighted by atomic mass is 16.5.